The topological polar surface area (TPSA) is 137 Å². The molecule has 2 aromatic carbocycles. The van der Waals surface area contributed by atoms with Gasteiger partial charge < -0.3 is 10.1 Å². The average molecular weight is 497 g/mol. The van der Waals surface area contributed by atoms with E-state index in [4.69, 9.17) is 0 Å². The molecule has 0 unspecified atom stereocenters. The Morgan fingerprint density at radius 2 is 1.57 bits per heavy atom. The second-order valence-electron chi connectivity index (χ2n) is 7.70. The zero-order chi connectivity index (χ0) is 25.4. The first-order chi connectivity index (χ1) is 16.7. The van der Waals surface area contributed by atoms with Gasteiger partial charge in [0.05, 0.1) is 17.0 Å². The van der Waals surface area contributed by atoms with E-state index in [0.717, 1.165) is 5.56 Å². The van der Waals surface area contributed by atoms with E-state index < -0.39 is 15.9 Å². The number of carbonyl (C=O) groups excluding carboxylic acids is 3. The molecule has 35 heavy (non-hydrogen) atoms. The average Bonchev–Trinajstić information content (AvgIpc) is 2.82. The quantitative estimate of drug-likeness (QED) is 0.147. The zero-order valence-electron chi connectivity index (χ0n) is 19.2. The van der Waals surface area contributed by atoms with Crippen LogP contribution >= 0.6 is 0 Å². The third kappa shape index (κ3) is 6.87. The maximum atomic E-state index is 13.1. The van der Waals surface area contributed by atoms with Gasteiger partial charge in [-0.15, -0.1) is 0 Å². The van der Waals surface area contributed by atoms with Crippen molar-refractivity contribution in [2.45, 2.75) is 31.7 Å². The lowest BCUT2D eigenvalue weighted by molar-refractivity contribution is -0.684. The van der Waals surface area contributed by atoms with Crippen LogP contribution in [0.1, 0.15) is 17.5 Å². The fraction of sp³-hybridized carbons (Fsp3) is 0.167. The van der Waals surface area contributed by atoms with Crippen LogP contribution in [0.5, 0.6) is 0 Å². The number of carbonyl (C=O) groups is 3. The number of aromatic nitrogens is 1. The van der Waals surface area contributed by atoms with E-state index >= 15 is 0 Å². The van der Waals surface area contributed by atoms with Gasteiger partial charge in [-0.3, -0.25) is 25.2 Å². The summed E-state index contributed by atoms with van der Waals surface area (Å²) in [6.07, 6.45) is 3.75. The summed E-state index contributed by atoms with van der Waals surface area (Å²) in [5, 5.41) is 2.83. The minimum absolute atomic E-state index is 0.0362. The first-order valence-corrected chi connectivity index (χ1v) is 12.1. The van der Waals surface area contributed by atoms with Crippen LogP contribution in [0.2, 0.25) is 0 Å². The second kappa shape index (κ2) is 11.3. The van der Waals surface area contributed by atoms with Crippen molar-refractivity contribution in [3.8, 4) is 0 Å². The van der Waals surface area contributed by atoms with E-state index in [1.165, 1.54) is 18.2 Å². The van der Waals surface area contributed by atoms with Gasteiger partial charge in [-0.2, -0.15) is 4.57 Å². The number of nitrogens with one attached hydrogen (secondary N) is 4. The van der Waals surface area contributed by atoms with E-state index in [0.29, 0.717) is 28.9 Å². The Morgan fingerprint density at radius 3 is 2.23 bits per heavy atom. The van der Waals surface area contributed by atoms with Crippen LogP contribution in [-0.4, -0.2) is 26.5 Å². The van der Waals surface area contributed by atoms with Crippen molar-refractivity contribution in [1.29, 1.82) is 0 Å². The number of aryl methyl sites for hydroxylation is 1. The molecule has 0 saturated carbocycles. The van der Waals surface area contributed by atoms with E-state index in [2.05, 4.69) is 20.9 Å². The summed E-state index contributed by atoms with van der Waals surface area (Å²) in [6.45, 7) is 3.52. The molecule has 0 aliphatic rings. The van der Waals surface area contributed by atoms with Crippen molar-refractivity contribution in [3.05, 3.63) is 78.1 Å². The predicted molar refractivity (Wildman–Crippen MR) is 131 cm³/mol. The first kappa shape index (κ1) is 25.4. The highest BCUT2D eigenvalue weighted by molar-refractivity contribution is 7.92. The molecule has 4 N–H and O–H groups in total. The maximum Gasteiger partial charge on any atom is 0.290 e. The minimum Gasteiger partial charge on any atom is -0.320 e. The molecule has 0 spiro atoms. The van der Waals surface area contributed by atoms with Crippen LogP contribution in [0.4, 0.5) is 17.1 Å². The van der Waals surface area contributed by atoms with Crippen LogP contribution in [0.15, 0.2) is 71.9 Å². The van der Waals surface area contributed by atoms with Crippen LogP contribution in [0.25, 0.3) is 0 Å². The van der Waals surface area contributed by atoms with E-state index in [-0.39, 0.29) is 23.8 Å². The van der Waals surface area contributed by atoms with Gasteiger partial charge >= 0.3 is 0 Å². The van der Waals surface area contributed by atoms with Crippen molar-refractivity contribution >= 4 is 45.2 Å². The highest BCUT2D eigenvalue weighted by Crippen LogP contribution is 2.28. The van der Waals surface area contributed by atoms with E-state index in [1.807, 2.05) is 18.2 Å². The van der Waals surface area contributed by atoms with Crippen LogP contribution in [0, 0.1) is 13.8 Å². The largest absolute Gasteiger partial charge is 0.320 e. The summed E-state index contributed by atoms with van der Waals surface area (Å²) >= 11 is 0. The van der Waals surface area contributed by atoms with Crippen molar-refractivity contribution in [2.24, 2.45) is 0 Å². The van der Waals surface area contributed by atoms with Crippen LogP contribution < -0.4 is 25.5 Å². The third-order valence-corrected chi connectivity index (χ3v) is 6.56. The van der Waals surface area contributed by atoms with E-state index in [9.17, 15) is 22.8 Å². The van der Waals surface area contributed by atoms with Crippen molar-refractivity contribution in [1.82, 2.24) is 5.43 Å². The molecule has 0 atom stereocenters. The lowest BCUT2D eigenvalue weighted by Crippen LogP contribution is -2.39. The zero-order valence-corrected chi connectivity index (χ0v) is 20.1. The van der Waals surface area contributed by atoms with Crippen LogP contribution in [0.3, 0.4) is 0 Å². The molecule has 0 fully saturated rings. The molecule has 3 rings (SSSR count). The lowest BCUT2D eigenvalue weighted by atomic mass is 10.1. The maximum absolute atomic E-state index is 13.1. The van der Waals surface area contributed by atoms with E-state index in [1.54, 1.807) is 49.0 Å². The Labute approximate surface area is 203 Å². The normalized spacial score (nSPS) is 10.8. The third-order valence-electron chi connectivity index (χ3n) is 5.03. The number of hydrogen-bond acceptors (Lipinski definition) is 6. The molecule has 3 aromatic rings. The van der Waals surface area contributed by atoms with Gasteiger partial charge in [0.2, 0.25) is 12.5 Å². The highest BCUT2D eigenvalue weighted by atomic mass is 32.2. The number of benzene rings is 2. The molecule has 182 valence electrons. The summed E-state index contributed by atoms with van der Waals surface area (Å²) in [4.78, 5) is 34.3. The molecule has 1 aromatic heterocycles. The summed E-state index contributed by atoms with van der Waals surface area (Å²) in [5.41, 5.74) is 7.38. The first-order valence-electron chi connectivity index (χ1n) is 10.6. The Hall–Kier alpha value is -4.25. The molecule has 0 aliphatic heterocycles. The molecule has 2 amide bonds. The Kier molecular flexibility index (Phi) is 8.16. The molecule has 0 aliphatic carbocycles. The number of sulfonamides is 1. The predicted octanol–water partition coefficient (Wildman–Crippen LogP) is 2.06. The summed E-state index contributed by atoms with van der Waals surface area (Å²) in [5.74, 6) is -0.775. The van der Waals surface area contributed by atoms with Crippen LogP contribution in [-0.2, 0) is 31.0 Å². The molecular weight excluding hydrogens is 470 g/mol. The minimum atomic E-state index is -3.96. The Balaban J connectivity index is 1.73. The Morgan fingerprint density at radius 1 is 0.914 bits per heavy atom. The number of pyridine rings is 1. The molecule has 0 bridgehead atoms. The number of hydrogen-bond donors (Lipinski definition) is 4. The van der Waals surface area contributed by atoms with Gasteiger partial charge in [0.15, 0.2) is 12.4 Å². The second-order valence-corrected chi connectivity index (χ2v) is 9.35. The van der Waals surface area contributed by atoms with Crippen molar-refractivity contribution in [3.63, 3.8) is 0 Å². The van der Waals surface area contributed by atoms with Gasteiger partial charge in [0, 0.05) is 23.5 Å². The molecule has 0 radical (unpaired) electrons. The number of aldehydes is 1. The highest BCUT2D eigenvalue weighted by Gasteiger charge is 2.21. The number of rotatable bonds is 10. The van der Waals surface area contributed by atoms with Crippen molar-refractivity contribution < 1.29 is 27.4 Å². The number of amides is 2. The summed E-state index contributed by atoms with van der Waals surface area (Å²) in [6, 6.07) is 14.8. The summed E-state index contributed by atoms with van der Waals surface area (Å²) in [7, 11) is -3.96. The fourth-order valence-electron chi connectivity index (χ4n) is 3.30. The van der Waals surface area contributed by atoms with Gasteiger partial charge in [-0.05, 0) is 55.3 Å². The Bertz CT molecular complexity index is 1330. The fourth-order valence-corrected chi connectivity index (χ4v) is 4.60. The molecule has 10 nitrogen and oxygen atoms in total. The van der Waals surface area contributed by atoms with Gasteiger partial charge in [-0.25, -0.2) is 8.42 Å². The molecule has 1 heterocycles. The number of nitrogens with zero attached hydrogens (tertiary/aromatic N) is 1. The monoisotopic (exact) mass is 496 g/mol. The molecule has 11 heteroatoms. The van der Waals surface area contributed by atoms with Gasteiger partial charge in [-0.1, -0.05) is 12.1 Å². The molecule has 0 saturated heterocycles. The van der Waals surface area contributed by atoms with Crippen molar-refractivity contribution in [2.75, 3.05) is 15.5 Å². The number of anilines is 3. The SMILES string of the molecule is Cc1ccc(S(=O)(=O)Nc2ccc(NNC(=O)CC=O)cc2)c(C)c1NC(=O)C[n+]1ccccc1. The smallest absolute Gasteiger partial charge is 0.290 e. The standard InChI is InChI=1S/C24H25N5O5S/c1-17-6-11-21(18(2)24(17)25-23(32)16-29-13-4-3-5-14-29)35(33,34)28-20-9-7-19(8-10-20)26-27-22(31)12-15-30/h3-11,13-15,26,28H,12,16H2,1-2H3,(H-,25,27,31,32)/p+1. The summed E-state index contributed by atoms with van der Waals surface area (Å²) < 4.78 is 30.4. The number of hydrazine groups is 1. The molecular formula is C24H26N5O5S+. The van der Waals surface area contributed by atoms with Gasteiger partial charge in [0.25, 0.3) is 15.9 Å². The lowest BCUT2D eigenvalue weighted by Gasteiger charge is -2.16. The van der Waals surface area contributed by atoms with Gasteiger partial charge in [0.1, 0.15) is 6.29 Å².